The molecule has 0 aliphatic heterocycles. The molecule has 1 aliphatic rings. The summed E-state index contributed by atoms with van der Waals surface area (Å²) < 4.78 is 87.8. The van der Waals surface area contributed by atoms with Gasteiger partial charge in [0.1, 0.15) is 0 Å². The minimum absolute atomic E-state index is 0.201. The summed E-state index contributed by atoms with van der Waals surface area (Å²) in [7, 11) is 0. The first-order chi connectivity index (χ1) is 9.41. The number of Topliss-reactive ketones (excluding diaryl/α,β-unsaturated/α-hetero) is 1. The van der Waals surface area contributed by atoms with Gasteiger partial charge in [-0.2, -0.15) is 30.7 Å². The fourth-order valence-electron chi connectivity index (χ4n) is 2.45. The number of nitrogens with two attached hydrogens (primary N) is 1. The molecule has 1 aliphatic carbocycles. The molecule has 1 fully saturated rings. The first-order valence-electron chi connectivity index (χ1n) is 6.53. The Hall–Kier alpha value is -0.860. The lowest BCUT2D eigenvalue weighted by Crippen LogP contribution is -2.60. The van der Waals surface area contributed by atoms with E-state index in [1.54, 1.807) is 0 Å². The van der Waals surface area contributed by atoms with Crippen LogP contribution in [0.2, 0.25) is 0 Å². The summed E-state index contributed by atoms with van der Waals surface area (Å²) in [4.78, 5) is 11.3. The van der Waals surface area contributed by atoms with E-state index in [-0.39, 0.29) is 12.3 Å². The third-order valence-corrected chi connectivity index (χ3v) is 3.71. The zero-order valence-corrected chi connectivity index (χ0v) is 11.0. The molecule has 0 radical (unpaired) electrons. The van der Waals surface area contributed by atoms with E-state index in [4.69, 9.17) is 5.73 Å². The molecule has 2 nitrogen and oxygen atoms in total. The molecule has 1 rings (SSSR count). The molecule has 2 N–H and O–H groups in total. The van der Waals surface area contributed by atoms with Gasteiger partial charge in [0, 0.05) is 0 Å². The highest BCUT2D eigenvalue weighted by molar-refractivity contribution is 5.91. The Morgan fingerprint density at radius 3 is 1.90 bits per heavy atom. The van der Waals surface area contributed by atoms with Crippen LogP contribution in [0.25, 0.3) is 0 Å². The molecule has 21 heavy (non-hydrogen) atoms. The highest BCUT2D eigenvalue weighted by Crippen LogP contribution is 2.47. The van der Waals surface area contributed by atoms with E-state index in [2.05, 4.69) is 0 Å². The van der Waals surface area contributed by atoms with E-state index in [9.17, 15) is 35.5 Å². The Labute approximate surface area is 116 Å². The summed E-state index contributed by atoms with van der Waals surface area (Å²) in [5, 5.41) is 0. The van der Waals surface area contributed by atoms with Crippen molar-refractivity contribution < 1.29 is 35.5 Å². The topological polar surface area (TPSA) is 43.1 Å². The van der Waals surface area contributed by atoms with Gasteiger partial charge in [0.2, 0.25) is 5.78 Å². The molecule has 0 bridgehead atoms. The monoisotopic (exact) mass is 323 g/mol. The van der Waals surface area contributed by atoms with Gasteiger partial charge in [0.05, 0.1) is 6.04 Å². The molecule has 0 aromatic carbocycles. The van der Waals surface area contributed by atoms with E-state index in [1.807, 2.05) is 0 Å². The van der Waals surface area contributed by atoms with Gasteiger partial charge in [-0.3, -0.25) is 4.79 Å². The fourth-order valence-corrected chi connectivity index (χ4v) is 2.45. The average Bonchev–Trinajstić information content (AvgIpc) is 2.37. The van der Waals surface area contributed by atoms with Crippen LogP contribution in [0.3, 0.4) is 0 Å². The van der Waals surface area contributed by atoms with Crippen LogP contribution >= 0.6 is 0 Å². The van der Waals surface area contributed by atoms with Crippen molar-refractivity contribution in [2.75, 3.05) is 0 Å². The van der Waals surface area contributed by atoms with Crippen LogP contribution in [0, 0.1) is 5.92 Å². The molecule has 0 aromatic heterocycles. The summed E-state index contributed by atoms with van der Waals surface area (Å²) in [6.45, 7) is 0. The lowest BCUT2D eigenvalue weighted by Gasteiger charge is -2.30. The van der Waals surface area contributed by atoms with Crippen molar-refractivity contribution in [3.8, 4) is 0 Å². The zero-order chi connectivity index (χ0) is 16.5. The van der Waals surface area contributed by atoms with Gasteiger partial charge >= 0.3 is 18.0 Å². The van der Waals surface area contributed by atoms with Crippen molar-refractivity contribution in [1.82, 2.24) is 0 Å². The molecule has 0 aromatic rings. The summed E-state index contributed by atoms with van der Waals surface area (Å²) in [5.41, 5.74) is 5.14. The van der Waals surface area contributed by atoms with Gasteiger partial charge in [-0.1, -0.05) is 32.1 Å². The van der Waals surface area contributed by atoms with Crippen molar-refractivity contribution in [3.05, 3.63) is 0 Å². The molecule has 124 valence electrons. The van der Waals surface area contributed by atoms with Crippen LogP contribution in [-0.2, 0) is 4.79 Å². The van der Waals surface area contributed by atoms with Crippen molar-refractivity contribution in [2.24, 2.45) is 11.7 Å². The van der Waals surface area contributed by atoms with E-state index in [1.165, 1.54) is 0 Å². The van der Waals surface area contributed by atoms with Crippen LogP contribution in [0.5, 0.6) is 0 Å². The predicted molar refractivity (Wildman–Crippen MR) is 60.1 cm³/mol. The van der Waals surface area contributed by atoms with Gasteiger partial charge in [0.15, 0.2) is 0 Å². The normalized spacial score (nSPS) is 20.4. The predicted octanol–water partition coefficient (Wildman–Crippen LogP) is 3.69. The second-order valence-corrected chi connectivity index (χ2v) is 5.36. The number of carbonyl (C=O) groups excluding carboxylic acids is 1. The number of rotatable bonds is 5. The minimum atomic E-state index is -6.52. The summed E-state index contributed by atoms with van der Waals surface area (Å²) in [6.07, 6.45) is -3.10. The van der Waals surface area contributed by atoms with Crippen molar-refractivity contribution >= 4 is 5.78 Å². The molecule has 9 heteroatoms. The summed E-state index contributed by atoms with van der Waals surface area (Å²) in [5.74, 6) is -15.1. The molecule has 0 unspecified atom stereocenters. The number of alkyl halides is 7. The third-order valence-electron chi connectivity index (χ3n) is 3.71. The molecule has 0 amide bonds. The maximum atomic E-state index is 13.2. The van der Waals surface area contributed by atoms with Gasteiger partial charge in [-0.25, -0.2) is 0 Å². The highest BCUT2D eigenvalue weighted by atomic mass is 19.4. The molecule has 0 saturated heterocycles. The maximum absolute atomic E-state index is 13.2. The van der Waals surface area contributed by atoms with Crippen molar-refractivity contribution in [2.45, 2.75) is 62.6 Å². The molecular weight excluding hydrogens is 307 g/mol. The molecule has 1 saturated carbocycles. The van der Waals surface area contributed by atoms with E-state index in [0.717, 1.165) is 19.3 Å². The lowest BCUT2D eigenvalue weighted by atomic mass is 9.83. The van der Waals surface area contributed by atoms with Crippen LogP contribution in [0.4, 0.5) is 30.7 Å². The number of ketones is 1. The van der Waals surface area contributed by atoms with Gasteiger partial charge < -0.3 is 5.73 Å². The highest BCUT2D eigenvalue weighted by Gasteiger charge is 2.76. The Morgan fingerprint density at radius 1 is 1.00 bits per heavy atom. The molecular formula is C12H16F7NO. The summed E-state index contributed by atoms with van der Waals surface area (Å²) >= 11 is 0. The van der Waals surface area contributed by atoms with E-state index in [0.29, 0.717) is 12.8 Å². The quantitative estimate of drug-likeness (QED) is 0.784. The van der Waals surface area contributed by atoms with Crippen LogP contribution in [0.1, 0.15) is 38.5 Å². The van der Waals surface area contributed by atoms with Crippen molar-refractivity contribution in [3.63, 3.8) is 0 Å². The Kier molecular flexibility index (Phi) is 5.28. The third kappa shape index (κ3) is 3.67. The summed E-state index contributed by atoms with van der Waals surface area (Å²) in [6, 6.07) is -2.03. The van der Waals surface area contributed by atoms with E-state index < -0.39 is 29.8 Å². The number of carbonyl (C=O) groups is 1. The molecule has 0 heterocycles. The minimum Gasteiger partial charge on any atom is -0.321 e. The number of halogens is 7. The van der Waals surface area contributed by atoms with Gasteiger partial charge in [-0.05, 0) is 12.3 Å². The van der Waals surface area contributed by atoms with Crippen molar-refractivity contribution in [1.29, 1.82) is 0 Å². The second-order valence-electron chi connectivity index (χ2n) is 5.36. The largest absolute Gasteiger partial charge is 0.460 e. The fraction of sp³-hybridized carbons (Fsp3) is 0.917. The zero-order valence-electron chi connectivity index (χ0n) is 11.0. The molecule has 0 spiro atoms. The smallest absolute Gasteiger partial charge is 0.321 e. The van der Waals surface area contributed by atoms with Crippen LogP contribution in [-0.4, -0.2) is 29.8 Å². The van der Waals surface area contributed by atoms with Gasteiger partial charge in [-0.15, -0.1) is 0 Å². The Morgan fingerprint density at radius 2 is 1.48 bits per heavy atom. The lowest BCUT2D eigenvalue weighted by molar-refractivity contribution is -0.343. The maximum Gasteiger partial charge on any atom is 0.460 e. The molecule has 1 atom stereocenters. The van der Waals surface area contributed by atoms with E-state index >= 15 is 0 Å². The Bertz CT molecular complexity index is 374. The van der Waals surface area contributed by atoms with Gasteiger partial charge in [0.25, 0.3) is 0 Å². The first kappa shape index (κ1) is 18.2. The first-order valence-corrected chi connectivity index (χ1v) is 6.53. The second kappa shape index (κ2) is 6.10. The Balaban J connectivity index is 2.79. The number of hydrogen-bond donors (Lipinski definition) is 1. The van der Waals surface area contributed by atoms with Crippen LogP contribution in [0.15, 0.2) is 0 Å². The number of hydrogen-bond acceptors (Lipinski definition) is 2. The average molecular weight is 323 g/mol. The van der Waals surface area contributed by atoms with Crippen LogP contribution < -0.4 is 5.73 Å². The standard InChI is InChI=1S/C12H16F7NO/c13-10(14,11(15,16)12(17,18)19)9(21)8(20)6-7-4-2-1-3-5-7/h7-8H,1-6,20H2/t8-/m0/s1. The SMILES string of the molecule is N[C@@H](CC1CCCCC1)C(=O)C(F)(F)C(F)(F)C(F)(F)F.